The molecule has 0 unspecified atom stereocenters. The van der Waals surface area contributed by atoms with E-state index in [2.05, 4.69) is 15.9 Å². The van der Waals surface area contributed by atoms with Gasteiger partial charge in [-0.3, -0.25) is 4.79 Å². The van der Waals surface area contributed by atoms with Gasteiger partial charge in [-0.25, -0.2) is 0 Å². The minimum atomic E-state index is 0.374. The minimum Gasteiger partial charge on any atom is -0.456 e. The Hall–Kier alpha value is -1.84. The van der Waals surface area contributed by atoms with Crippen molar-refractivity contribution < 1.29 is 9.53 Å². The second kappa shape index (κ2) is 5.88. The van der Waals surface area contributed by atoms with Gasteiger partial charge in [-0.2, -0.15) is 0 Å². The van der Waals surface area contributed by atoms with Gasteiger partial charge in [-0.1, -0.05) is 41.9 Å². The first-order valence-electron chi connectivity index (χ1n) is 6.29. The van der Waals surface area contributed by atoms with Gasteiger partial charge in [-0.15, -0.1) is 0 Å². The van der Waals surface area contributed by atoms with Crippen LogP contribution in [-0.4, -0.2) is 6.29 Å². The van der Waals surface area contributed by atoms with Gasteiger partial charge in [-0.05, 0) is 44.9 Å². The number of ether oxygens (including phenoxy) is 1. The van der Waals surface area contributed by atoms with Gasteiger partial charge < -0.3 is 4.74 Å². The first kappa shape index (κ1) is 14.1. The first-order chi connectivity index (χ1) is 10.2. The number of halogens is 2. The standard InChI is InChI=1S/C17H10BrClO2/c18-17-14-4-2-1-3-11(14)6-8-16(17)21-13-7-5-12(10-20)15(19)9-13/h1-10H. The largest absolute Gasteiger partial charge is 0.456 e. The Labute approximate surface area is 135 Å². The summed E-state index contributed by atoms with van der Waals surface area (Å²) in [4.78, 5) is 10.8. The molecule has 0 aliphatic heterocycles. The topological polar surface area (TPSA) is 26.3 Å². The first-order valence-corrected chi connectivity index (χ1v) is 7.46. The SMILES string of the molecule is O=Cc1ccc(Oc2ccc3ccccc3c2Br)cc1Cl. The number of carbonyl (C=O) groups is 1. The molecule has 0 aromatic heterocycles. The van der Waals surface area contributed by atoms with Crippen molar-refractivity contribution in [3.05, 3.63) is 69.7 Å². The van der Waals surface area contributed by atoms with E-state index in [1.54, 1.807) is 18.2 Å². The molecule has 2 nitrogen and oxygen atoms in total. The lowest BCUT2D eigenvalue weighted by atomic mass is 10.1. The Morgan fingerprint density at radius 2 is 1.86 bits per heavy atom. The average Bonchev–Trinajstić information content (AvgIpc) is 2.51. The summed E-state index contributed by atoms with van der Waals surface area (Å²) in [6, 6.07) is 16.9. The van der Waals surface area contributed by atoms with Crippen LogP contribution in [0.2, 0.25) is 5.02 Å². The van der Waals surface area contributed by atoms with E-state index in [4.69, 9.17) is 16.3 Å². The lowest BCUT2D eigenvalue weighted by Crippen LogP contribution is -1.88. The molecule has 3 aromatic rings. The number of hydrogen-bond acceptors (Lipinski definition) is 2. The monoisotopic (exact) mass is 360 g/mol. The Kier molecular flexibility index (Phi) is 3.95. The van der Waals surface area contributed by atoms with E-state index >= 15 is 0 Å². The number of benzene rings is 3. The molecule has 0 aliphatic rings. The number of hydrogen-bond donors (Lipinski definition) is 0. The molecule has 0 fully saturated rings. The molecule has 0 N–H and O–H groups in total. The molecule has 0 spiro atoms. The lowest BCUT2D eigenvalue weighted by molar-refractivity contribution is 0.112. The third-order valence-corrected chi connectivity index (χ3v) is 4.30. The molecule has 0 saturated carbocycles. The van der Waals surface area contributed by atoms with Gasteiger partial charge >= 0.3 is 0 Å². The third kappa shape index (κ3) is 2.80. The van der Waals surface area contributed by atoms with Gasteiger partial charge in [0.05, 0.1) is 9.50 Å². The van der Waals surface area contributed by atoms with Gasteiger partial charge in [0.2, 0.25) is 0 Å². The summed E-state index contributed by atoms with van der Waals surface area (Å²) >= 11 is 9.58. The van der Waals surface area contributed by atoms with Crippen molar-refractivity contribution in [3.63, 3.8) is 0 Å². The molecule has 3 aromatic carbocycles. The Morgan fingerprint density at radius 1 is 1.05 bits per heavy atom. The van der Waals surface area contributed by atoms with Gasteiger partial charge in [0.25, 0.3) is 0 Å². The van der Waals surface area contributed by atoms with Crippen LogP contribution in [0.1, 0.15) is 10.4 Å². The van der Waals surface area contributed by atoms with Crippen LogP contribution in [-0.2, 0) is 0 Å². The summed E-state index contributed by atoms with van der Waals surface area (Å²) in [5, 5.41) is 2.58. The van der Waals surface area contributed by atoms with E-state index in [1.807, 2.05) is 36.4 Å². The smallest absolute Gasteiger partial charge is 0.151 e. The molecule has 0 saturated heterocycles. The highest BCUT2D eigenvalue weighted by atomic mass is 79.9. The van der Waals surface area contributed by atoms with Crippen LogP contribution in [0.4, 0.5) is 0 Å². The van der Waals surface area contributed by atoms with Crippen LogP contribution in [0, 0.1) is 0 Å². The van der Waals surface area contributed by atoms with E-state index in [0.717, 1.165) is 21.5 Å². The predicted molar refractivity (Wildman–Crippen MR) is 88.6 cm³/mol. The minimum absolute atomic E-state index is 0.374. The Balaban J connectivity index is 2.00. The molecular weight excluding hydrogens is 352 g/mol. The van der Waals surface area contributed by atoms with Crippen LogP contribution in [0.5, 0.6) is 11.5 Å². The highest BCUT2D eigenvalue weighted by Gasteiger charge is 2.08. The second-order valence-electron chi connectivity index (χ2n) is 4.50. The van der Waals surface area contributed by atoms with E-state index in [1.165, 1.54) is 0 Å². The van der Waals surface area contributed by atoms with Crippen molar-refractivity contribution >= 4 is 44.6 Å². The lowest BCUT2D eigenvalue weighted by Gasteiger charge is -2.10. The number of aldehydes is 1. The fourth-order valence-corrected chi connectivity index (χ4v) is 2.88. The van der Waals surface area contributed by atoms with Crippen LogP contribution in [0.3, 0.4) is 0 Å². The Bertz CT molecular complexity index is 830. The van der Waals surface area contributed by atoms with Crippen LogP contribution in [0.25, 0.3) is 10.8 Å². The molecule has 21 heavy (non-hydrogen) atoms. The number of carbonyl (C=O) groups excluding carboxylic acids is 1. The van der Waals surface area contributed by atoms with Crippen molar-refractivity contribution in [1.29, 1.82) is 0 Å². The van der Waals surface area contributed by atoms with Crippen molar-refractivity contribution in [2.24, 2.45) is 0 Å². The summed E-state index contributed by atoms with van der Waals surface area (Å²) in [5.74, 6) is 1.28. The maximum atomic E-state index is 10.8. The predicted octanol–water partition coefficient (Wildman–Crippen LogP) is 5.86. The van der Waals surface area contributed by atoms with Crippen LogP contribution in [0.15, 0.2) is 59.1 Å². The van der Waals surface area contributed by atoms with Gasteiger partial charge in [0, 0.05) is 11.6 Å². The molecule has 4 heteroatoms. The summed E-state index contributed by atoms with van der Waals surface area (Å²) in [6.07, 6.45) is 0.720. The zero-order valence-electron chi connectivity index (χ0n) is 10.8. The summed E-state index contributed by atoms with van der Waals surface area (Å²) < 4.78 is 6.74. The maximum absolute atomic E-state index is 10.8. The third-order valence-electron chi connectivity index (χ3n) is 3.15. The zero-order valence-corrected chi connectivity index (χ0v) is 13.2. The molecule has 104 valence electrons. The van der Waals surface area contributed by atoms with Crippen molar-refractivity contribution in [1.82, 2.24) is 0 Å². The van der Waals surface area contributed by atoms with Crippen molar-refractivity contribution in [3.8, 4) is 11.5 Å². The highest BCUT2D eigenvalue weighted by Crippen LogP contribution is 2.36. The average molecular weight is 362 g/mol. The summed E-state index contributed by atoms with van der Waals surface area (Å²) in [5.41, 5.74) is 0.446. The molecule has 0 atom stereocenters. The second-order valence-corrected chi connectivity index (χ2v) is 5.70. The van der Waals surface area contributed by atoms with Crippen LogP contribution >= 0.6 is 27.5 Å². The summed E-state index contributed by atoms with van der Waals surface area (Å²) in [7, 11) is 0. The summed E-state index contributed by atoms with van der Waals surface area (Å²) in [6.45, 7) is 0. The molecule has 0 aliphatic carbocycles. The van der Waals surface area contributed by atoms with Crippen molar-refractivity contribution in [2.45, 2.75) is 0 Å². The fraction of sp³-hybridized carbons (Fsp3) is 0. The van der Waals surface area contributed by atoms with E-state index in [-0.39, 0.29) is 0 Å². The number of rotatable bonds is 3. The van der Waals surface area contributed by atoms with E-state index in [0.29, 0.717) is 22.1 Å². The zero-order chi connectivity index (χ0) is 14.8. The van der Waals surface area contributed by atoms with E-state index in [9.17, 15) is 4.79 Å². The molecule has 0 bridgehead atoms. The fourth-order valence-electron chi connectivity index (χ4n) is 2.09. The molecule has 3 rings (SSSR count). The quantitative estimate of drug-likeness (QED) is 0.546. The van der Waals surface area contributed by atoms with E-state index < -0.39 is 0 Å². The highest BCUT2D eigenvalue weighted by molar-refractivity contribution is 9.10. The molecule has 0 amide bonds. The maximum Gasteiger partial charge on any atom is 0.151 e. The molecular formula is C17H10BrClO2. The van der Waals surface area contributed by atoms with Gasteiger partial charge in [0.1, 0.15) is 11.5 Å². The van der Waals surface area contributed by atoms with Gasteiger partial charge in [0.15, 0.2) is 6.29 Å². The molecule has 0 heterocycles. The number of fused-ring (bicyclic) bond motifs is 1. The molecule has 0 radical (unpaired) electrons. The normalized spacial score (nSPS) is 10.6. The van der Waals surface area contributed by atoms with Crippen LogP contribution < -0.4 is 4.74 Å². The Morgan fingerprint density at radius 3 is 2.62 bits per heavy atom. The van der Waals surface area contributed by atoms with Crippen molar-refractivity contribution in [2.75, 3.05) is 0 Å².